The largest absolute Gasteiger partial charge is 0.480 e. The quantitative estimate of drug-likeness (QED) is 0.782. The van der Waals surface area contributed by atoms with E-state index in [2.05, 4.69) is 10.6 Å². The van der Waals surface area contributed by atoms with Gasteiger partial charge in [-0.3, -0.25) is 0 Å². The average molecular weight is 303 g/mol. The van der Waals surface area contributed by atoms with E-state index < -0.39 is 23.9 Å². The smallest absolute Gasteiger partial charge is 0.326 e. The van der Waals surface area contributed by atoms with Gasteiger partial charge in [-0.15, -0.1) is 0 Å². The van der Waals surface area contributed by atoms with E-state index in [0.717, 1.165) is 6.07 Å². The van der Waals surface area contributed by atoms with Crippen molar-refractivity contribution in [3.8, 4) is 0 Å². The predicted molar refractivity (Wildman–Crippen MR) is 74.4 cm³/mol. The Morgan fingerprint density at radius 2 is 2.10 bits per heavy atom. The van der Waals surface area contributed by atoms with Crippen LogP contribution in [0.5, 0.6) is 0 Å². The SMILES string of the molecule is CCC(C)C(NC(=O)Nc1ccc(Cl)c(F)c1)C(=O)O. The van der Waals surface area contributed by atoms with E-state index in [0.29, 0.717) is 6.42 Å². The normalized spacial score (nSPS) is 13.4. The zero-order valence-corrected chi connectivity index (χ0v) is 11.9. The molecule has 1 aromatic rings. The maximum atomic E-state index is 13.2. The number of carbonyl (C=O) groups excluding carboxylic acids is 1. The van der Waals surface area contributed by atoms with Gasteiger partial charge in [0.15, 0.2) is 0 Å². The van der Waals surface area contributed by atoms with Crippen molar-refractivity contribution in [1.82, 2.24) is 5.32 Å². The first-order valence-corrected chi connectivity index (χ1v) is 6.48. The monoisotopic (exact) mass is 302 g/mol. The maximum absolute atomic E-state index is 13.2. The maximum Gasteiger partial charge on any atom is 0.326 e. The average Bonchev–Trinajstić information content (AvgIpc) is 2.39. The van der Waals surface area contributed by atoms with Crippen molar-refractivity contribution in [2.45, 2.75) is 26.3 Å². The Labute approximate surface area is 121 Å². The van der Waals surface area contributed by atoms with Crippen LogP contribution >= 0.6 is 11.6 Å². The van der Waals surface area contributed by atoms with Crippen LogP contribution in [0.2, 0.25) is 5.02 Å². The number of urea groups is 1. The Hall–Kier alpha value is -1.82. The summed E-state index contributed by atoms with van der Waals surface area (Å²) in [5.74, 6) is -2.00. The molecule has 0 aliphatic rings. The van der Waals surface area contributed by atoms with Gasteiger partial charge in [0.25, 0.3) is 0 Å². The molecule has 0 saturated carbocycles. The highest BCUT2D eigenvalue weighted by Crippen LogP contribution is 2.18. The Kier molecular flexibility index (Phi) is 5.76. The van der Waals surface area contributed by atoms with E-state index in [4.69, 9.17) is 16.7 Å². The number of benzene rings is 1. The first kappa shape index (κ1) is 16.2. The lowest BCUT2D eigenvalue weighted by Gasteiger charge is -2.20. The van der Waals surface area contributed by atoms with E-state index in [-0.39, 0.29) is 16.6 Å². The molecule has 1 aromatic carbocycles. The molecule has 7 heteroatoms. The number of carboxylic acid groups (broad SMARTS) is 1. The standard InChI is InChI=1S/C13H16ClFN2O3/c1-3-7(2)11(12(18)19)17-13(20)16-8-4-5-9(14)10(15)6-8/h4-7,11H,3H2,1-2H3,(H,18,19)(H2,16,17,20). The summed E-state index contributed by atoms with van der Waals surface area (Å²) < 4.78 is 13.2. The molecule has 2 atom stereocenters. The third-order valence-electron chi connectivity index (χ3n) is 2.94. The number of aliphatic carboxylic acids is 1. The summed E-state index contributed by atoms with van der Waals surface area (Å²) in [4.78, 5) is 22.8. The van der Waals surface area contributed by atoms with Gasteiger partial charge in [0, 0.05) is 5.69 Å². The number of hydrogen-bond donors (Lipinski definition) is 3. The Morgan fingerprint density at radius 1 is 1.45 bits per heavy atom. The molecule has 110 valence electrons. The van der Waals surface area contributed by atoms with Crippen molar-refractivity contribution in [2.75, 3.05) is 5.32 Å². The number of carboxylic acids is 1. The van der Waals surface area contributed by atoms with E-state index in [1.807, 2.05) is 6.92 Å². The van der Waals surface area contributed by atoms with E-state index in [1.54, 1.807) is 6.92 Å². The van der Waals surface area contributed by atoms with Crippen LogP contribution in [0, 0.1) is 11.7 Å². The lowest BCUT2D eigenvalue weighted by molar-refractivity contribution is -0.140. The molecule has 0 spiro atoms. The van der Waals surface area contributed by atoms with Gasteiger partial charge in [-0.05, 0) is 24.1 Å². The highest BCUT2D eigenvalue weighted by atomic mass is 35.5. The number of amides is 2. The minimum Gasteiger partial charge on any atom is -0.480 e. The van der Waals surface area contributed by atoms with Crippen molar-refractivity contribution in [3.63, 3.8) is 0 Å². The molecule has 20 heavy (non-hydrogen) atoms. The van der Waals surface area contributed by atoms with Crippen LogP contribution in [0.3, 0.4) is 0 Å². The van der Waals surface area contributed by atoms with Gasteiger partial charge in [-0.25, -0.2) is 14.0 Å². The van der Waals surface area contributed by atoms with Crippen LogP contribution in [-0.2, 0) is 4.79 Å². The summed E-state index contributed by atoms with van der Waals surface area (Å²) in [7, 11) is 0. The summed E-state index contributed by atoms with van der Waals surface area (Å²) >= 11 is 5.52. The second-order valence-electron chi connectivity index (χ2n) is 4.43. The van der Waals surface area contributed by atoms with Gasteiger partial charge in [-0.2, -0.15) is 0 Å². The van der Waals surface area contributed by atoms with Gasteiger partial charge < -0.3 is 15.7 Å². The Balaban J connectivity index is 2.70. The first-order chi connectivity index (χ1) is 9.35. The molecule has 0 aliphatic heterocycles. The lowest BCUT2D eigenvalue weighted by atomic mass is 9.99. The number of nitrogens with one attached hydrogen (secondary N) is 2. The van der Waals surface area contributed by atoms with Crippen LogP contribution in [0.4, 0.5) is 14.9 Å². The predicted octanol–water partition coefficient (Wildman–Crippen LogP) is 3.10. The minimum atomic E-state index is -1.11. The zero-order chi connectivity index (χ0) is 15.3. The van der Waals surface area contributed by atoms with E-state index >= 15 is 0 Å². The van der Waals surface area contributed by atoms with Crippen LogP contribution in [0.15, 0.2) is 18.2 Å². The summed E-state index contributed by atoms with van der Waals surface area (Å²) in [5, 5.41) is 13.7. The highest BCUT2D eigenvalue weighted by Gasteiger charge is 2.25. The van der Waals surface area contributed by atoms with Crippen LogP contribution in [0.1, 0.15) is 20.3 Å². The molecule has 0 aromatic heterocycles. The third-order valence-corrected chi connectivity index (χ3v) is 3.25. The van der Waals surface area contributed by atoms with E-state index in [9.17, 15) is 14.0 Å². The van der Waals surface area contributed by atoms with Crippen molar-refractivity contribution in [3.05, 3.63) is 29.0 Å². The van der Waals surface area contributed by atoms with Crippen molar-refractivity contribution in [2.24, 2.45) is 5.92 Å². The molecule has 2 unspecified atom stereocenters. The number of rotatable bonds is 5. The summed E-state index contributed by atoms with van der Waals surface area (Å²) in [6, 6.07) is 2.07. The van der Waals surface area contributed by atoms with Gasteiger partial charge in [0.1, 0.15) is 11.9 Å². The molecule has 0 fully saturated rings. The number of carbonyl (C=O) groups is 2. The molecule has 2 amide bonds. The van der Waals surface area contributed by atoms with Gasteiger partial charge in [0.05, 0.1) is 5.02 Å². The Bertz CT molecular complexity index is 510. The fourth-order valence-corrected chi connectivity index (χ4v) is 1.68. The topological polar surface area (TPSA) is 78.4 Å². The molecule has 0 heterocycles. The Morgan fingerprint density at radius 3 is 2.60 bits per heavy atom. The second kappa shape index (κ2) is 7.09. The second-order valence-corrected chi connectivity index (χ2v) is 4.84. The van der Waals surface area contributed by atoms with Crippen molar-refractivity contribution < 1.29 is 19.1 Å². The molecular weight excluding hydrogens is 287 g/mol. The number of hydrogen-bond acceptors (Lipinski definition) is 2. The minimum absolute atomic E-state index is 0.0565. The van der Waals surface area contributed by atoms with Gasteiger partial charge in [-0.1, -0.05) is 31.9 Å². The molecular formula is C13H16ClFN2O3. The van der Waals surface area contributed by atoms with Crippen LogP contribution < -0.4 is 10.6 Å². The molecule has 5 nitrogen and oxygen atoms in total. The highest BCUT2D eigenvalue weighted by molar-refractivity contribution is 6.30. The van der Waals surface area contributed by atoms with E-state index in [1.165, 1.54) is 12.1 Å². The molecule has 0 radical (unpaired) electrons. The molecule has 3 N–H and O–H groups in total. The van der Waals surface area contributed by atoms with Crippen LogP contribution in [0.25, 0.3) is 0 Å². The third kappa shape index (κ3) is 4.38. The molecule has 0 saturated heterocycles. The van der Waals surface area contributed by atoms with Gasteiger partial charge in [0.2, 0.25) is 0 Å². The molecule has 1 rings (SSSR count). The molecule has 0 bridgehead atoms. The summed E-state index contributed by atoms with van der Waals surface area (Å²) in [6.45, 7) is 3.55. The summed E-state index contributed by atoms with van der Waals surface area (Å²) in [5.41, 5.74) is 0.192. The molecule has 0 aliphatic carbocycles. The van der Waals surface area contributed by atoms with Gasteiger partial charge >= 0.3 is 12.0 Å². The van der Waals surface area contributed by atoms with Crippen molar-refractivity contribution in [1.29, 1.82) is 0 Å². The number of halogens is 2. The zero-order valence-electron chi connectivity index (χ0n) is 11.1. The first-order valence-electron chi connectivity index (χ1n) is 6.10. The fourth-order valence-electron chi connectivity index (χ4n) is 1.57. The van der Waals surface area contributed by atoms with Crippen molar-refractivity contribution >= 4 is 29.3 Å². The lowest BCUT2D eigenvalue weighted by Crippen LogP contribution is -2.46. The number of anilines is 1. The van der Waals surface area contributed by atoms with Crippen LogP contribution in [-0.4, -0.2) is 23.1 Å². The summed E-state index contributed by atoms with van der Waals surface area (Å²) in [6.07, 6.45) is 0.604. The fraction of sp³-hybridized carbons (Fsp3) is 0.385.